The number of hydrogen-bond acceptors (Lipinski definition) is 5. The molecule has 32 heavy (non-hydrogen) atoms. The Hall–Kier alpha value is -3.80. The standard InChI is InChI=1S/C26H24N2O4/c1-17-7-2-3-8-20(17)23-22(24(29)21-9-6-16-32-21)25(30)26(31)28(23)19-12-10-18(11-13-19)27-14-4-5-15-27/h2-3,6-13,16,23,30H,4-5,14-15H2,1H3. The van der Waals surface area contributed by atoms with Crippen molar-refractivity contribution in [3.63, 3.8) is 0 Å². The van der Waals surface area contributed by atoms with Crippen molar-refractivity contribution >= 4 is 23.1 Å². The maximum absolute atomic E-state index is 13.3. The number of Topliss-reactive ketones (excluding diaryl/α,β-unsaturated/α-hetero) is 1. The highest BCUT2D eigenvalue weighted by molar-refractivity contribution is 6.20. The molecule has 3 aromatic rings. The number of aryl methyl sites for hydroxylation is 1. The summed E-state index contributed by atoms with van der Waals surface area (Å²) in [5, 5.41) is 10.8. The minimum absolute atomic E-state index is 0.0304. The van der Waals surface area contributed by atoms with Gasteiger partial charge in [-0.2, -0.15) is 0 Å². The number of furan rings is 1. The van der Waals surface area contributed by atoms with E-state index < -0.39 is 23.5 Å². The zero-order chi connectivity index (χ0) is 22.2. The molecule has 1 saturated heterocycles. The van der Waals surface area contributed by atoms with Gasteiger partial charge in [-0.05, 0) is 67.3 Å². The van der Waals surface area contributed by atoms with Crippen LogP contribution in [-0.4, -0.2) is 29.9 Å². The van der Waals surface area contributed by atoms with E-state index in [1.54, 1.807) is 6.07 Å². The molecule has 2 aliphatic rings. The number of rotatable bonds is 5. The summed E-state index contributed by atoms with van der Waals surface area (Å²) in [6.45, 7) is 3.98. The number of benzene rings is 2. The SMILES string of the molecule is Cc1ccccc1C1C(C(=O)c2ccco2)=C(O)C(=O)N1c1ccc(N2CCCC2)cc1. The lowest BCUT2D eigenvalue weighted by atomic mass is 9.92. The molecule has 6 nitrogen and oxygen atoms in total. The fraction of sp³-hybridized carbons (Fsp3) is 0.231. The summed E-state index contributed by atoms with van der Waals surface area (Å²) in [6.07, 6.45) is 3.76. The fourth-order valence-corrected chi connectivity index (χ4v) is 4.63. The summed E-state index contributed by atoms with van der Waals surface area (Å²) >= 11 is 0. The van der Waals surface area contributed by atoms with Crippen molar-refractivity contribution in [1.82, 2.24) is 0 Å². The number of hydrogen-bond donors (Lipinski definition) is 1. The molecular weight excluding hydrogens is 404 g/mol. The van der Waals surface area contributed by atoms with Gasteiger partial charge in [-0.15, -0.1) is 0 Å². The van der Waals surface area contributed by atoms with E-state index in [-0.39, 0.29) is 11.3 Å². The first-order valence-corrected chi connectivity index (χ1v) is 10.8. The third kappa shape index (κ3) is 3.28. The first-order chi connectivity index (χ1) is 15.6. The Bertz CT molecular complexity index is 1190. The monoisotopic (exact) mass is 428 g/mol. The quantitative estimate of drug-likeness (QED) is 0.581. The molecule has 162 valence electrons. The van der Waals surface area contributed by atoms with Gasteiger partial charge < -0.3 is 14.4 Å². The molecule has 1 fully saturated rings. The molecule has 2 aliphatic heterocycles. The van der Waals surface area contributed by atoms with Crippen LogP contribution in [0.1, 0.15) is 40.6 Å². The van der Waals surface area contributed by atoms with Crippen LogP contribution in [0.5, 0.6) is 0 Å². The lowest BCUT2D eigenvalue weighted by Crippen LogP contribution is -2.31. The molecule has 3 heterocycles. The number of aliphatic hydroxyl groups is 1. The zero-order valence-electron chi connectivity index (χ0n) is 17.8. The van der Waals surface area contributed by atoms with E-state index in [4.69, 9.17) is 4.42 Å². The van der Waals surface area contributed by atoms with E-state index in [9.17, 15) is 14.7 Å². The van der Waals surface area contributed by atoms with E-state index in [0.29, 0.717) is 5.69 Å². The number of carbonyl (C=O) groups excluding carboxylic acids is 2. The Morgan fingerprint density at radius 3 is 2.31 bits per heavy atom. The van der Waals surface area contributed by atoms with Gasteiger partial charge in [0.25, 0.3) is 5.91 Å². The molecule has 0 aliphatic carbocycles. The fourth-order valence-electron chi connectivity index (χ4n) is 4.63. The smallest absolute Gasteiger partial charge is 0.294 e. The highest BCUT2D eigenvalue weighted by atomic mass is 16.3. The molecule has 0 saturated carbocycles. The van der Waals surface area contributed by atoms with Gasteiger partial charge in [-0.25, -0.2) is 0 Å². The van der Waals surface area contributed by atoms with Gasteiger partial charge in [0, 0.05) is 24.5 Å². The summed E-state index contributed by atoms with van der Waals surface area (Å²) in [7, 11) is 0. The first kappa shape index (κ1) is 20.1. The van der Waals surface area contributed by atoms with Crippen LogP contribution in [-0.2, 0) is 4.79 Å². The Kier molecular flexibility index (Phi) is 5.05. The van der Waals surface area contributed by atoms with Crippen LogP contribution in [0.3, 0.4) is 0 Å². The summed E-state index contributed by atoms with van der Waals surface area (Å²) in [5.41, 5.74) is 3.46. The molecule has 1 atom stereocenters. The number of ketones is 1. The van der Waals surface area contributed by atoms with Gasteiger partial charge in [0.1, 0.15) is 0 Å². The van der Waals surface area contributed by atoms with E-state index in [0.717, 1.165) is 29.9 Å². The highest BCUT2D eigenvalue weighted by Gasteiger charge is 2.45. The second-order valence-electron chi connectivity index (χ2n) is 8.21. The van der Waals surface area contributed by atoms with E-state index in [1.165, 1.54) is 30.1 Å². The van der Waals surface area contributed by atoms with Crippen molar-refractivity contribution in [1.29, 1.82) is 0 Å². The molecule has 1 unspecified atom stereocenters. The van der Waals surface area contributed by atoms with Crippen molar-refractivity contribution in [3.8, 4) is 0 Å². The number of nitrogens with zero attached hydrogens (tertiary/aromatic N) is 2. The van der Waals surface area contributed by atoms with E-state index in [2.05, 4.69) is 4.90 Å². The van der Waals surface area contributed by atoms with Gasteiger partial charge in [0.15, 0.2) is 11.5 Å². The average molecular weight is 428 g/mol. The maximum Gasteiger partial charge on any atom is 0.294 e. The minimum Gasteiger partial charge on any atom is -0.503 e. The summed E-state index contributed by atoms with van der Waals surface area (Å²) < 4.78 is 5.29. The van der Waals surface area contributed by atoms with Crippen molar-refractivity contribution in [2.75, 3.05) is 22.9 Å². The largest absolute Gasteiger partial charge is 0.503 e. The molecule has 1 aromatic heterocycles. The second-order valence-corrected chi connectivity index (χ2v) is 8.21. The van der Waals surface area contributed by atoms with Crippen LogP contribution < -0.4 is 9.80 Å². The Labute approximate surface area is 186 Å². The van der Waals surface area contributed by atoms with Crippen LogP contribution in [0, 0.1) is 6.92 Å². The normalized spacial score (nSPS) is 18.7. The van der Waals surface area contributed by atoms with Crippen molar-refractivity contribution in [3.05, 3.63) is 95.1 Å². The van der Waals surface area contributed by atoms with E-state index >= 15 is 0 Å². The van der Waals surface area contributed by atoms with Crippen molar-refractivity contribution < 1.29 is 19.1 Å². The Morgan fingerprint density at radius 2 is 1.66 bits per heavy atom. The lowest BCUT2D eigenvalue weighted by Gasteiger charge is -2.28. The van der Waals surface area contributed by atoms with Gasteiger partial charge in [-0.3, -0.25) is 14.5 Å². The average Bonchev–Trinajstić information content (AvgIpc) is 3.57. The predicted molar refractivity (Wildman–Crippen MR) is 122 cm³/mol. The minimum atomic E-state index is -0.751. The molecule has 0 radical (unpaired) electrons. The Morgan fingerprint density at radius 1 is 0.969 bits per heavy atom. The summed E-state index contributed by atoms with van der Waals surface area (Å²) in [4.78, 5) is 30.3. The van der Waals surface area contributed by atoms with Crippen LogP contribution >= 0.6 is 0 Å². The number of aliphatic hydroxyl groups excluding tert-OH is 1. The Balaban J connectivity index is 1.59. The van der Waals surface area contributed by atoms with Crippen LogP contribution in [0.25, 0.3) is 0 Å². The third-order valence-electron chi connectivity index (χ3n) is 6.28. The molecule has 0 bridgehead atoms. The second kappa shape index (κ2) is 8.04. The van der Waals surface area contributed by atoms with Gasteiger partial charge in [0.05, 0.1) is 17.9 Å². The van der Waals surface area contributed by atoms with E-state index in [1.807, 2.05) is 55.5 Å². The maximum atomic E-state index is 13.3. The number of anilines is 2. The van der Waals surface area contributed by atoms with Gasteiger partial charge >= 0.3 is 0 Å². The zero-order valence-corrected chi connectivity index (χ0v) is 17.8. The molecule has 2 aromatic carbocycles. The first-order valence-electron chi connectivity index (χ1n) is 10.8. The topological polar surface area (TPSA) is 74.0 Å². The molecule has 5 rings (SSSR count). The molecule has 6 heteroatoms. The van der Waals surface area contributed by atoms with Crippen LogP contribution in [0.4, 0.5) is 11.4 Å². The molecular formula is C26H24N2O4. The third-order valence-corrected chi connectivity index (χ3v) is 6.28. The summed E-state index contributed by atoms with van der Waals surface area (Å²) in [5.74, 6) is -1.54. The predicted octanol–water partition coefficient (Wildman–Crippen LogP) is 4.97. The van der Waals surface area contributed by atoms with Crippen molar-refractivity contribution in [2.45, 2.75) is 25.8 Å². The lowest BCUT2D eigenvalue weighted by molar-refractivity contribution is -0.117. The van der Waals surface area contributed by atoms with Crippen LogP contribution in [0.15, 0.2) is 82.7 Å². The number of carbonyl (C=O) groups is 2. The van der Waals surface area contributed by atoms with Crippen LogP contribution in [0.2, 0.25) is 0 Å². The molecule has 0 spiro atoms. The van der Waals surface area contributed by atoms with Gasteiger partial charge in [-0.1, -0.05) is 24.3 Å². The molecule has 1 N–H and O–H groups in total. The summed E-state index contributed by atoms with van der Waals surface area (Å²) in [6, 6.07) is 17.7. The number of amides is 1. The highest BCUT2D eigenvalue weighted by Crippen LogP contribution is 2.43. The molecule has 1 amide bonds. The van der Waals surface area contributed by atoms with Gasteiger partial charge in [0.2, 0.25) is 5.78 Å². The van der Waals surface area contributed by atoms with Crippen molar-refractivity contribution in [2.24, 2.45) is 0 Å².